The minimum absolute atomic E-state index is 0.835. The predicted octanol–water partition coefficient (Wildman–Crippen LogP) is 3.36. The summed E-state index contributed by atoms with van der Waals surface area (Å²) in [7, 11) is 5.92. The van der Waals surface area contributed by atoms with Crippen LogP contribution in [0.2, 0.25) is 0 Å². The fourth-order valence-corrected chi connectivity index (χ4v) is 2.83. The summed E-state index contributed by atoms with van der Waals surface area (Å²) in [5, 5.41) is 3.58. The van der Waals surface area contributed by atoms with Gasteiger partial charge in [0.15, 0.2) is 0 Å². The molecule has 1 aromatic carbocycles. The van der Waals surface area contributed by atoms with Crippen LogP contribution in [0, 0.1) is 5.92 Å². The van der Waals surface area contributed by atoms with Gasteiger partial charge in [-0.05, 0) is 50.6 Å². The molecule has 0 spiro atoms. The molecule has 1 aliphatic carbocycles. The van der Waals surface area contributed by atoms with E-state index in [9.17, 15) is 0 Å². The van der Waals surface area contributed by atoms with E-state index < -0.39 is 0 Å². The van der Waals surface area contributed by atoms with Crippen molar-refractivity contribution < 1.29 is 4.74 Å². The number of nitrogens with one attached hydrogen (secondary N) is 1. The number of nitrogens with zero attached hydrogens (tertiary/aromatic N) is 1. The standard InChI is InChI=1S/C16H26N2O/c1-18(2)12-14-8-9-16(19-3)15(10-14)17-11-13-6-4-5-7-13/h8-10,13,17H,4-7,11-12H2,1-3H3. The zero-order valence-corrected chi connectivity index (χ0v) is 12.4. The van der Waals surface area contributed by atoms with Gasteiger partial charge >= 0.3 is 0 Å². The van der Waals surface area contributed by atoms with Gasteiger partial charge in [0.2, 0.25) is 0 Å². The summed E-state index contributed by atoms with van der Waals surface area (Å²) in [5.41, 5.74) is 2.45. The topological polar surface area (TPSA) is 24.5 Å². The first kappa shape index (κ1) is 14.2. The second-order valence-electron chi connectivity index (χ2n) is 5.80. The molecule has 2 rings (SSSR count). The number of methoxy groups -OCH3 is 1. The Morgan fingerprint density at radius 1 is 1.26 bits per heavy atom. The first-order valence-corrected chi connectivity index (χ1v) is 7.24. The van der Waals surface area contributed by atoms with Crippen LogP contribution in [-0.4, -0.2) is 32.6 Å². The highest BCUT2D eigenvalue weighted by Gasteiger charge is 2.15. The Bertz CT molecular complexity index is 398. The van der Waals surface area contributed by atoms with E-state index in [0.29, 0.717) is 0 Å². The van der Waals surface area contributed by atoms with Gasteiger partial charge in [-0.25, -0.2) is 0 Å². The Kier molecular flexibility index (Phi) is 5.08. The first-order chi connectivity index (χ1) is 9.19. The van der Waals surface area contributed by atoms with Gasteiger partial charge in [-0.1, -0.05) is 18.9 Å². The van der Waals surface area contributed by atoms with Crippen LogP contribution in [-0.2, 0) is 6.54 Å². The zero-order chi connectivity index (χ0) is 13.7. The molecular weight excluding hydrogens is 236 g/mol. The fraction of sp³-hybridized carbons (Fsp3) is 0.625. The Labute approximate surface area is 116 Å². The Morgan fingerprint density at radius 2 is 2.00 bits per heavy atom. The van der Waals surface area contributed by atoms with Gasteiger partial charge in [0.25, 0.3) is 0 Å². The van der Waals surface area contributed by atoms with E-state index in [-0.39, 0.29) is 0 Å². The fourth-order valence-electron chi connectivity index (χ4n) is 2.83. The van der Waals surface area contributed by atoms with E-state index >= 15 is 0 Å². The summed E-state index contributed by atoms with van der Waals surface area (Å²) in [6, 6.07) is 6.42. The molecule has 106 valence electrons. The summed E-state index contributed by atoms with van der Waals surface area (Å²) in [4.78, 5) is 2.18. The van der Waals surface area contributed by atoms with E-state index in [1.165, 1.54) is 31.2 Å². The number of hydrogen-bond acceptors (Lipinski definition) is 3. The van der Waals surface area contributed by atoms with Gasteiger partial charge in [-0.15, -0.1) is 0 Å². The minimum atomic E-state index is 0.835. The van der Waals surface area contributed by atoms with Crippen molar-refractivity contribution in [3.63, 3.8) is 0 Å². The van der Waals surface area contributed by atoms with Crippen molar-refractivity contribution in [3.05, 3.63) is 23.8 Å². The lowest BCUT2D eigenvalue weighted by Crippen LogP contribution is -2.13. The quantitative estimate of drug-likeness (QED) is 0.851. The van der Waals surface area contributed by atoms with Crippen molar-refractivity contribution >= 4 is 5.69 Å². The molecule has 1 fully saturated rings. The van der Waals surface area contributed by atoms with Crippen LogP contribution in [0.25, 0.3) is 0 Å². The number of ether oxygens (including phenoxy) is 1. The van der Waals surface area contributed by atoms with Crippen molar-refractivity contribution in [3.8, 4) is 5.75 Å². The highest BCUT2D eigenvalue weighted by atomic mass is 16.5. The first-order valence-electron chi connectivity index (χ1n) is 7.24. The average Bonchev–Trinajstić information content (AvgIpc) is 2.89. The monoisotopic (exact) mass is 262 g/mol. The normalized spacial score (nSPS) is 16.0. The summed E-state index contributed by atoms with van der Waals surface area (Å²) < 4.78 is 5.44. The molecule has 0 unspecified atom stereocenters. The van der Waals surface area contributed by atoms with Crippen molar-refractivity contribution in [2.45, 2.75) is 32.2 Å². The van der Waals surface area contributed by atoms with Crippen LogP contribution in [0.1, 0.15) is 31.2 Å². The SMILES string of the molecule is COc1ccc(CN(C)C)cc1NCC1CCCC1. The van der Waals surface area contributed by atoms with E-state index in [2.05, 4.69) is 42.5 Å². The molecule has 0 amide bonds. The van der Waals surface area contributed by atoms with Gasteiger partial charge in [-0.3, -0.25) is 0 Å². The maximum atomic E-state index is 5.44. The molecule has 1 aromatic rings. The smallest absolute Gasteiger partial charge is 0.141 e. The summed E-state index contributed by atoms with van der Waals surface area (Å²) in [5.74, 6) is 1.78. The van der Waals surface area contributed by atoms with Crippen LogP contribution >= 0.6 is 0 Å². The maximum Gasteiger partial charge on any atom is 0.141 e. The lowest BCUT2D eigenvalue weighted by molar-refractivity contribution is 0.400. The Morgan fingerprint density at radius 3 is 2.63 bits per heavy atom. The highest BCUT2D eigenvalue weighted by molar-refractivity contribution is 5.58. The molecule has 1 N–H and O–H groups in total. The summed E-state index contributed by atoms with van der Waals surface area (Å²) >= 11 is 0. The Balaban J connectivity index is 2.02. The Hall–Kier alpha value is -1.22. The van der Waals surface area contributed by atoms with Crippen LogP contribution in [0.3, 0.4) is 0 Å². The van der Waals surface area contributed by atoms with Gasteiger partial charge < -0.3 is 15.0 Å². The molecule has 0 aromatic heterocycles. The third-order valence-electron chi connectivity index (χ3n) is 3.82. The van der Waals surface area contributed by atoms with Crippen molar-refractivity contribution in [1.82, 2.24) is 4.90 Å². The number of rotatable bonds is 6. The molecule has 0 saturated heterocycles. The van der Waals surface area contributed by atoms with E-state index in [4.69, 9.17) is 4.74 Å². The van der Waals surface area contributed by atoms with Gasteiger partial charge in [0, 0.05) is 13.1 Å². The molecule has 1 aliphatic rings. The maximum absolute atomic E-state index is 5.44. The van der Waals surface area contributed by atoms with E-state index in [0.717, 1.165) is 30.4 Å². The van der Waals surface area contributed by atoms with Crippen LogP contribution in [0.5, 0.6) is 5.75 Å². The summed E-state index contributed by atoms with van der Waals surface area (Å²) in [6.07, 6.45) is 5.52. The average molecular weight is 262 g/mol. The second kappa shape index (κ2) is 6.80. The lowest BCUT2D eigenvalue weighted by atomic mass is 10.1. The molecule has 0 radical (unpaired) electrons. The number of hydrogen-bond donors (Lipinski definition) is 1. The third-order valence-corrected chi connectivity index (χ3v) is 3.82. The van der Waals surface area contributed by atoms with Crippen molar-refractivity contribution in [2.75, 3.05) is 33.1 Å². The molecule has 0 aliphatic heterocycles. The van der Waals surface area contributed by atoms with Crippen LogP contribution in [0.4, 0.5) is 5.69 Å². The number of anilines is 1. The molecule has 0 atom stereocenters. The molecule has 1 saturated carbocycles. The lowest BCUT2D eigenvalue weighted by Gasteiger charge is -2.17. The van der Waals surface area contributed by atoms with Gasteiger partial charge in [-0.2, -0.15) is 0 Å². The largest absolute Gasteiger partial charge is 0.495 e. The highest BCUT2D eigenvalue weighted by Crippen LogP contribution is 2.29. The molecule has 0 heterocycles. The number of benzene rings is 1. The molecular formula is C16H26N2O. The predicted molar refractivity (Wildman–Crippen MR) is 80.8 cm³/mol. The molecule has 19 heavy (non-hydrogen) atoms. The minimum Gasteiger partial charge on any atom is -0.495 e. The van der Waals surface area contributed by atoms with Crippen LogP contribution in [0.15, 0.2) is 18.2 Å². The summed E-state index contributed by atoms with van der Waals surface area (Å²) in [6.45, 7) is 2.03. The third kappa shape index (κ3) is 4.13. The van der Waals surface area contributed by atoms with E-state index in [1.54, 1.807) is 7.11 Å². The van der Waals surface area contributed by atoms with Gasteiger partial charge in [0.1, 0.15) is 5.75 Å². The van der Waals surface area contributed by atoms with Crippen molar-refractivity contribution in [1.29, 1.82) is 0 Å². The second-order valence-corrected chi connectivity index (χ2v) is 5.80. The van der Waals surface area contributed by atoms with Crippen molar-refractivity contribution in [2.24, 2.45) is 5.92 Å². The molecule has 0 bridgehead atoms. The molecule has 3 nitrogen and oxygen atoms in total. The van der Waals surface area contributed by atoms with Crippen LogP contribution < -0.4 is 10.1 Å². The molecule has 3 heteroatoms. The van der Waals surface area contributed by atoms with E-state index in [1.807, 2.05) is 0 Å². The zero-order valence-electron chi connectivity index (χ0n) is 12.4. The van der Waals surface area contributed by atoms with Gasteiger partial charge in [0.05, 0.1) is 12.8 Å².